The number of aliphatic hydroxyl groups excluding tert-OH is 2. The standard InChI is InChI=1S/C11H20F3NO2/c12-11(13,14)10(17)8-15(6-7-16)9-4-2-1-3-5-9/h9-10,16-17H,1-8H2. The summed E-state index contributed by atoms with van der Waals surface area (Å²) in [6.45, 7) is -0.423. The number of rotatable bonds is 5. The first-order valence-electron chi connectivity index (χ1n) is 6.05. The highest BCUT2D eigenvalue weighted by atomic mass is 19.4. The molecule has 1 unspecified atom stereocenters. The highest BCUT2D eigenvalue weighted by Gasteiger charge is 2.40. The van der Waals surface area contributed by atoms with Crippen molar-refractivity contribution in [3.8, 4) is 0 Å². The summed E-state index contributed by atoms with van der Waals surface area (Å²) >= 11 is 0. The summed E-state index contributed by atoms with van der Waals surface area (Å²) in [5.41, 5.74) is 0. The molecule has 0 heterocycles. The number of aliphatic hydroxyl groups is 2. The Hall–Kier alpha value is -0.330. The number of halogens is 3. The van der Waals surface area contributed by atoms with Crippen LogP contribution in [0.5, 0.6) is 0 Å². The van der Waals surface area contributed by atoms with Crippen molar-refractivity contribution in [1.29, 1.82) is 0 Å². The fourth-order valence-electron chi connectivity index (χ4n) is 2.32. The lowest BCUT2D eigenvalue weighted by molar-refractivity contribution is -0.210. The third kappa shape index (κ3) is 4.81. The van der Waals surface area contributed by atoms with Gasteiger partial charge in [-0.1, -0.05) is 19.3 Å². The highest BCUT2D eigenvalue weighted by Crippen LogP contribution is 2.25. The smallest absolute Gasteiger partial charge is 0.395 e. The van der Waals surface area contributed by atoms with Crippen LogP contribution in [-0.2, 0) is 0 Å². The van der Waals surface area contributed by atoms with Crippen LogP contribution >= 0.6 is 0 Å². The molecular weight excluding hydrogens is 235 g/mol. The SMILES string of the molecule is OCCN(CC(O)C(F)(F)F)C1CCCCC1. The van der Waals surface area contributed by atoms with Gasteiger partial charge in [0, 0.05) is 19.1 Å². The molecule has 3 nitrogen and oxygen atoms in total. The van der Waals surface area contributed by atoms with Gasteiger partial charge in [-0.2, -0.15) is 13.2 Å². The molecule has 1 fully saturated rings. The van der Waals surface area contributed by atoms with E-state index in [4.69, 9.17) is 10.2 Å². The molecule has 0 aromatic heterocycles. The average molecular weight is 255 g/mol. The minimum atomic E-state index is -4.58. The Labute approximate surface area is 99.2 Å². The molecule has 0 aromatic rings. The first-order chi connectivity index (χ1) is 7.95. The number of nitrogens with zero attached hydrogens (tertiary/aromatic N) is 1. The predicted molar refractivity (Wildman–Crippen MR) is 57.6 cm³/mol. The average Bonchev–Trinajstić information content (AvgIpc) is 2.28. The van der Waals surface area contributed by atoms with E-state index in [1.165, 1.54) is 0 Å². The molecule has 2 N–H and O–H groups in total. The van der Waals surface area contributed by atoms with Crippen molar-refractivity contribution in [3.05, 3.63) is 0 Å². The highest BCUT2D eigenvalue weighted by molar-refractivity contribution is 4.79. The van der Waals surface area contributed by atoms with E-state index in [-0.39, 0.29) is 19.2 Å². The van der Waals surface area contributed by atoms with E-state index < -0.39 is 18.8 Å². The van der Waals surface area contributed by atoms with Gasteiger partial charge in [0.1, 0.15) is 0 Å². The largest absolute Gasteiger partial charge is 0.415 e. The third-order valence-corrected chi connectivity index (χ3v) is 3.26. The Morgan fingerprint density at radius 3 is 2.24 bits per heavy atom. The normalized spacial score (nSPS) is 20.8. The predicted octanol–water partition coefficient (Wildman–Crippen LogP) is 1.54. The second-order valence-corrected chi connectivity index (χ2v) is 4.57. The zero-order chi connectivity index (χ0) is 12.9. The lowest BCUT2D eigenvalue weighted by Crippen LogP contribution is -2.47. The van der Waals surface area contributed by atoms with Gasteiger partial charge >= 0.3 is 6.18 Å². The third-order valence-electron chi connectivity index (χ3n) is 3.26. The second kappa shape index (κ2) is 6.56. The van der Waals surface area contributed by atoms with Crippen LogP contribution in [0.2, 0.25) is 0 Å². The molecule has 0 bridgehead atoms. The van der Waals surface area contributed by atoms with Gasteiger partial charge in [0.15, 0.2) is 6.10 Å². The molecule has 1 aliphatic rings. The molecule has 1 rings (SSSR count). The van der Waals surface area contributed by atoms with Crippen molar-refractivity contribution in [3.63, 3.8) is 0 Å². The molecule has 0 saturated heterocycles. The minimum absolute atomic E-state index is 0.0629. The maximum Gasteiger partial charge on any atom is 0.415 e. The zero-order valence-corrected chi connectivity index (χ0v) is 9.79. The van der Waals surface area contributed by atoms with Crippen LogP contribution in [0.25, 0.3) is 0 Å². The molecule has 0 aliphatic heterocycles. The molecule has 0 spiro atoms. The Kier molecular flexibility index (Phi) is 5.69. The van der Waals surface area contributed by atoms with Crippen molar-refractivity contribution in [2.75, 3.05) is 19.7 Å². The van der Waals surface area contributed by atoms with Crippen molar-refractivity contribution < 1.29 is 23.4 Å². The van der Waals surface area contributed by atoms with Gasteiger partial charge < -0.3 is 10.2 Å². The van der Waals surface area contributed by atoms with Crippen LogP contribution in [0, 0.1) is 0 Å². The molecule has 6 heteroatoms. The summed E-state index contributed by atoms with van der Waals surface area (Å²) in [6.07, 6.45) is -2.07. The van der Waals surface area contributed by atoms with E-state index in [9.17, 15) is 13.2 Å². The van der Waals surface area contributed by atoms with Crippen LogP contribution in [0.4, 0.5) is 13.2 Å². The summed E-state index contributed by atoms with van der Waals surface area (Å²) in [7, 11) is 0. The van der Waals surface area contributed by atoms with Gasteiger partial charge in [0.25, 0.3) is 0 Å². The van der Waals surface area contributed by atoms with E-state index in [0.29, 0.717) is 0 Å². The number of alkyl halides is 3. The minimum Gasteiger partial charge on any atom is -0.395 e. The van der Waals surface area contributed by atoms with Crippen molar-refractivity contribution in [2.24, 2.45) is 0 Å². The second-order valence-electron chi connectivity index (χ2n) is 4.57. The van der Waals surface area contributed by atoms with E-state index in [1.54, 1.807) is 4.90 Å². The van der Waals surface area contributed by atoms with E-state index in [1.807, 2.05) is 0 Å². The van der Waals surface area contributed by atoms with Gasteiger partial charge in [0.2, 0.25) is 0 Å². The summed E-state index contributed by atoms with van der Waals surface area (Å²) < 4.78 is 36.8. The van der Waals surface area contributed by atoms with E-state index >= 15 is 0 Å². The first-order valence-corrected chi connectivity index (χ1v) is 6.05. The van der Waals surface area contributed by atoms with Gasteiger partial charge in [-0.15, -0.1) is 0 Å². The molecule has 1 atom stereocenters. The number of hydrogen-bond acceptors (Lipinski definition) is 3. The summed E-state index contributed by atoms with van der Waals surface area (Å²) in [5, 5.41) is 17.9. The van der Waals surface area contributed by atoms with Crippen molar-refractivity contribution >= 4 is 0 Å². The Bertz CT molecular complexity index is 217. The molecule has 0 radical (unpaired) electrons. The lowest BCUT2D eigenvalue weighted by Gasteiger charge is -2.35. The van der Waals surface area contributed by atoms with E-state index in [2.05, 4.69) is 0 Å². The fourth-order valence-corrected chi connectivity index (χ4v) is 2.32. The quantitative estimate of drug-likeness (QED) is 0.783. The maximum atomic E-state index is 12.3. The van der Waals surface area contributed by atoms with Gasteiger partial charge in [0.05, 0.1) is 6.61 Å². The maximum absolute atomic E-state index is 12.3. The van der Waals surface area contributed by atoms with Crippen LogP contribution in [-0.4, -0.2) is 53.1 Å². The van der Waals surface area contributed by atoms with Crippen LogP contribution < -0.4 is 0 Å². The molecule has 0 aromatic carbocycles. The summed E-state index contributed by atoms with van der Waals surface area (Å²) in [5.74, 6) is 0. The van der Waals surface area contributed by atoms with Crippen LogP contribution in [0.15, 0.2) is 0 Å². The summed E-state index contributed by atoms with van der Waals surface area (Å²) in [4.78, 5) is 1.57. The first kappa shape index (κ1) is 14.7. The zero-order valence-electron chi connectivity index (χ0n) is 9.79. The fraction of sp³-hybridized carbons (Fsp3) is 1.00. The molecule has 17 heavy (non-hydrogen) atoms. The van der Waals surface area contributed by atoms with Gasteiger partial charge in [-0.25, -0.2) is 0 Å². The molecule has 0 amide bonds. The Balaban J connectivity index is 2.52. The Morgan fingerprint density at radius 2 is 1.76 bits per heavy atom. The van der Waals surface area contributed by atoms with Gasteiger partial charge in [-0.05, 0) is 12.8 Å². The van der Waals surface area contributed by atoms with Crippen LogP contribution in [0.1, 0.15) is 32.1 Å². The van der Waals surface area contributed by atoms with Gasteiger partial charge in [-0.3, -0.25) is 4.90 Å². The van der Waals surface area contributed by atoms with Crippen molar-refractivity contribution in [1.82, 2.24) is 4.90 Å². The molecular formula is C11H20F3NO2. The topological polar surface area (TPSA) is 43.7 Å². The molecule has 1 aliphatic carbocycles. The Morgan fingerprint density at radius 1 is 1.18 bits per heavy atom. The monoisotopic (exact) mass is 255 g/mol. The molecule has 102 valence electrons. The summed E-state index contributed by atoms with van der Waals surface area (Å²) in [6, 6.07) is 0.0629. The molecule has 1 saturated carbocycles. The van der Waals surface area contributed by atoms with Crippen molar-refractivity contribution in [2.45, 2.75) is 50.4 Å². The van der Waals surface area contributed by atoms with E-state index in [0.717, 1.165) is 32.1 Å². The number of hydrogen-bond donors (Lipinski definition) is 2. The van der Waals surface area contributed by atoms with Crippen LogP contribution in [0.3, 0.4) is 0 Å². The lowest BCUT2D eigenvalue weighted by atomic mass is 9.94.